The minimum Gasteiger partial charge on any atom is -0.478 e. The molecule has 1 N–H and O–H groups in total. The molecule has 2 aromatic carbocycles. The zero-order chi connectivity index (χ0) is 20.6. The zero-order valence-corrected chi connectivity index (χ0v) is 16.7. The first-order chi connectivity index (χ1) is 14.1. The fourth-order valence-corrected chi connectivity index (χ4v) is 2.94. The van der Waals surface area contributed by atoms with Crippen molar-refractivity contribution >= 4 is 18.1 Å². The van der Waals surface area contributed by atoms with E-state index >= 15 is 0 Å². The van der Waals surface area contributed by atoms with Crippen molar-refractivity contribution < 1.29 is 9.90 Å². The second-order valence-electron chi connectivity index (χ2n) is 6.69. The van der Waals surface area contributed by atoms with Crippen LogP contribution in [0.5, 0.6) is 0 Å². The van der Waals surface area contributed by atoms with E-state index in [0.29, 0.717) is 12.4 Å². The second-order valence-corrected chi connectivity index (χ2v) is 6.69. The molecule has 0 aliphatic rings. The van der Waals surface area contributed by atoms with Gasteiger partial charge >= 0.3 is 5.97 Å². The number of rotatable bonds is 8. The molecule has 0 bridgehead atoms. The van der Waals surface area contributed by atoms with Crippen molar-refractivity contribution in [2.75, 3.05) is 0 Å². The number of carboxylic acid groups (broad SMARTS) is 1. The molecule has 0 unspecified atom stereocenters. The number of hydrogen-bond donors (Lipinski definition) is 1. The van der Waals surface area contributed by atoms with E-state index in [0.717, 1.165) is 35.4 Å². The van der Waals surface area contributed by atoms with Crippen molar-refractivity contribution in [2.45, 2.75) is 33.2 Å². The van der Waals surface area contributed by atoms with Crippen LogP contribution in [-0.4, -0.2) is 25.8 Å². The Bertz CT molecular complexity index is 1030. The van der Waals surface area contributed by atoms with E-state index in [9.17, 15) is 9.90 Å². The highest BCUT2D eigenvalue weighted by atomic mass is 16.4. The first-order valence-electron chi connectivity index (χ1n) is 9.81. The van der Waals surface area contributed by atoms with E-state index in [4.69, 9.17) is 0 Å². The SMILES string of the molecule is CCC=Cc1nc(C=CCC)n(Cc2ccc(-c3cccc(C(=O)O)c3)cc2)n1. The highest BCUT2D eigenvalue weighted by molar-refractivity contribution is 5.89. The molecule has 1 aromatic heterocycles. The standard InChI is InChI=1S/C24H25N3O2/c1-3-5-10-22-25-23(11-6-4-2)27(26-22)17-18-12-14-19(15-13-18)20-8-7-9-21(16-20)24(28)29/h5-16H,3-4,17H2,1-2H3,(H,28,29). The van der Waals surface area contributed by atoms with Gasteiger partial charge in [-0.3, -0.25) is 0 Å². The Hall–Kier alpha value is -3.47. The highest BCUT2D eigenvalue weighted by Crippen LogP contribution is 2.21. The van der Waals surface area contributed by atoms with Crippen LogP contribution in [0.25, 0.3) is 23.3 Å². The van der Waals surface area contributed by atoms with E-state index in [1.165, 1.54) is 0 Å². The minimum absolute atomic E-state index is 0.286. The fourth-order valence-electron chi connectivity index (χ4n) is 2.94. The maximum atomic E-state index is 11.2. The Kier molecular flexibility index (Phi) is 6.74. The number of carboxylic acids is 1. The Morgan fingerprint density at radius 1 is 1.00 bits per heavy atom. The Balaban J connectivity index is 1.83. The minimum atomic E-state index is -0.921. The molecule has 3 aromatic rings. The summed E-state index contributed by atoms with van der Waals surface area (Å²) in [7, 11) is 0. The molecule has 5 nitrogen and oxygen atoms in total. The predicted molar refractivity (Wildman–Crippen MR) is 117 cm³/mol. The van der Waals surface area contributed by atoms with Crippen molar-refractivity contribution in [3.8, 4) is 11.1 Å². The van der Waals surface area contributed by atoms with Crippen LogP contribution < -0.4 is 0 Å². The van der Waals surface area contributed by atoms with Crippen LogP contribution in [0.4, 0.5) is 0 Å². The van der Waals surface area contributed by atoms with Crippen LogP contribution in [0.1, 0.15) is 54.3 Å². The lowest BCUT2D eigenvalue weighted by Gasteiger charge is -2.07. The molecule has 0 radical (unpaired) electrons. The molecule has 3 rings (SSSR count). The molecule has 5 heteroatoms. The number of benzene rings is 2. The number of aromatic carboxylic acids is 1. The van der Waals surface area contributed by atoms with Crippen LogP contribution in [0.2, 0.25) is 0 Å². The number of aromatic nitrogens is 3. The molecular weight excluding hydrogens is 362 g/mol. The van der Waals surface area contributed by atoms with Crippen molar-refractivity contribution in [1.82, 2.24) is 14.8 Å². The van der Waals surface area contributed by atoms with Gasteiger partial charge in [0.05, 0.1) is 12.1 Å². The van der Waals surface area contributed by atoms with E-state index in [-0.39, 0.29) is 5.56 Å². The third kappa shape index (κ3) is 5.29. The molecule has 0 fully saturated rings. The maximum absolute atomic E-state index is 11.2. The summed E-state index contributed by atoms with van der Waals surface area (Å²) in [5.41, 5.74) is 3.25. The Morgan fingerprint density at radius 2 is 1.72 bits per heavy atom. The van der Waals surface area contributed by atoms with Gasteiger partial charge in [0.2, 0.25) is 0 Å². The Morgan fingerprint density at radius 3 is 2.41 bits per heavy atom. The molecule has 0 aliphatic heterocycles. The van der Waals surface area contributed by atoms with Gasteiger partial charge < -0.3 is 5.11 Å². The van der Waals surface area contributed by atoms with E-state index in [1.54, 1.807) is 18.2 Å². The summed E-state index contributed by atoms with van der Waals surface area (Å²) in [6.45, 7) is 4.79. The smallest absolute Gasteiger partial charge is 0.335 e. The maximum Gasteiger partial charge on any atom is 0.335 e. The quantitative estimate of drug-likeness (QED) is 0.551. The van der Waals surface area contributed by atoms with Crippen LogP contribution in [-0.2, 0) is 6.54 Å². The molecule has 148 valence electrons. The summed E-state index contributed by atoms with van der Waals surface area (Å²) in [4.78, 5) is 15.8. The van der Waals surface area contributed by atoms with Crippen molar-refractivity contribution in [3.05, 3.63) is 83.5 Å². The van der Waals surface area contributed by atoms with E-state index < -0.39 is 5.97 Å². The van der Waals surface area contributed by atoms with Crippen molar-refractivity contribution in [2.24, 2.45) is 0 Å². The van der Waals surface area contributed by atoms with Crippen LogP contribution >= 0.6 is 0 Å². The predicted octanol–water partition coefficient (Wildman–Crippen LogP) is 5.54. The van der Waals surface area contributed by atoms with Gasteiger partial charge in [0.25, 0.3) is 0 Å². The van der Waals surface area contributed by atoms with Gasteiger partial charge in [0.1, 0.15) is 0 Å². The monoisotopic (exact) mass is 387 g/mol. The van der Waals surface area contributed by atoms with Crippen LogP contribution in [0.3, 0.4) is 0 Å². The molecule has 0 spiro atoms. The molecule has 29 heavy (non-hydrogen) atoms. The third-order valence-corrected chi connectivity index (χ3v) is 4.45. The molecule has 0 saturated heterocycles. The number of allylic oxidation sites excluding steroid dienone is 2. The van der Waals surface area contributed by atoms with Crippen molar-refractivity contribution in [1.29, 1.82) is 0 Å². The topological polar surface area (TPSA) is 68.0 Å². The van der Waals surface area contributed by atoms with Crippen LogP contribution in [0.15, 0.2) is 60.7 Å². The summed E-state index contributed by atoms with van der Waals surface area (Å²) in [5, 5.41) is 13.8. The third-order valence-electron chi connectivity index (χ3n) is 4.45. The average Bonchev–Trinajstić information content (AvgIpc) is 3.12. The first kappa shape index (κ1) is 20.3. The summed E-state index contributed by atoms with van der Waals surface area (Å²) >= 11 is 0. The molecule has 0 saturated carbocycles. The average molecular weight is 387 g/mol. The normalized spacial score (nSPS) is 11.5. The lowest BCUT2D eigenvalue weighted by atomic mass is 10.0. The largest absolute Gasteiger partial charge is 0.478 e. The first-order valence-corrected chi connectivity index (χ1v) is 9.81. The van der Waals surface area contributed by atoms with Gasteiger partial charge in [-0.2, -0.15) is 5.10 Å². The van der Waals surface area contributed by atoms with Gasteiger partial charge in [-0.1, -0.05) is 62.4 Å². The van der Waals surface area contributed by atoms with Gasteiger partial charge in [-0.25, -0.2) is 14.5 Å². The van der Waals surface area contributed by atoms with Crippen molar-refractivity contribution in [3.63, 3.8) is 0 Å². The van der Waals surface area contributed by atoms with Gasteiger partial charge in [0, 0.05) is 0 Å². The van der Waals surface area contributed by atoms with E-state index in [1.807, 2.05) is 53.2 Å². The number of nitrogens with zero attached hydrogens (tertiary/aromatic N) is 3. The number of hydrogen-bond acceptors (Lipinski definition) is 3. The molecular formula is C24H25N3O2. The number of carbonyl (C=O) groups is 1. The lowest BCUT2D eigenvalue weighted by Crippen LogP contribution is -2.04. The second kappa shape index (κ2) is 9.64. The van der Waals surface area contributed by atoms with Gasteiger partial charge in [-0.05, 0) is 53.8 Å². The molecule has 0 atom stereocenters. The van der Waals surface area contributed by atoms with E-state index in [2.05, 4.69) is 30.0 Å². The van der Waals surface area contributed by atoms with Gasteiger partial charge in [0.15, 0.2) is 11.6 Å². The van der Waals surface area contributed by atoms with Crippen LogP contribution in [0, 0.1) is 0 Å². The summed E-state index contributed by atoms with van der Waals surface area (Å²) < 4.78 is 1.90. The Labute approximate surface area is 171 Å². The molecule has 0 amide bonds. The summed E-state index contributed by atoms with van der Waals surface area (Å²) in [6, 6.07) is 15.1. The lowest BCUT2D eigenvalue weighted by molar-refractivity contribution is 0.0697. The molecule has 1 heterocycles. The zero-order valence-electron chi connectivity index (χ0n) is 16.7. The summed E-state index contributed by atoms with van der Waals surface area (Å²) in [6.07, 6.45) is 9.95. The fraction of sp³-hybridized carbons (Fsp3) is 0.208. The van der Waals surface area contributed by atoms with Gasteiger partial charge in [-0.15, -0.1) is 0 Å². The highest BCUT2D eigenvalue weighted by Gasteiger charge is 2.08. The summed E-state index contributed by atoms with van der Waals surface area (Å²) in [5.74, 6) is 0.626. The molecule has 0 aliphatic carbocycles.